The number of rotatable bonds is 9. The molecule has 0 bridgehead atoms. The van der Waals surface area contributed by atoms with E-state index in [1.807, 2.05) is 36.4 Å². The van der Waals surface area contributed by atoms with Crippen LogP contribution in [0.3, 0.4) is 0 Å². The molecule has 0 heterocycles. The molecule has 142 valence electrons. The van der Waals surface area contributed by atoms with Gasteiger partial charge in [-0.15, -0.1) is 0 Å². The Morgan fingerprint density at radius 2 is 1.81 bits per heavy atom. The first-order valence-electron chi connectivity index (χ1n) is 9.14. The standard InChI is InChI=1S/C23H27NO3/c1-5-15-27-20-13-11-17(16-21(20)26-4)12-14-22(25)24-23-18(6-2)9-8-10-19(23)7-3/h5,8-14,16H,1,6-7,15H2,2-4H3,(H,24,25)/b14-12+. The molecule has 2 rings (SSSR count). The van der Waals surface area contributed by atoms with E-state index in [0.717, 1.165) is 35.2 Å². The topological polar surface area (TPSA) is 47.6 Å². The first kappa shape index (κ1) is 20.3. The molecule has 0 aliphatic heterocycles. The number of carbonyl (C=O) groups excluding carboxylic acids is 1. The number of carbonyl (C=O) groups is 1. The number of ether oxygens (including phenoxy) is 2. The summed E-state index contributed by atoms with van der Waals surface area (Å²) in [5, 5.41) is 3.03. The molecule has 0 fully saturated rings. The maximum Gasteiger partial charge on any atom is 0.248 e. The van der Waals surface area contributed by atoms with Crippen LogP contribution in [-0.2, 0) is 17.6 Å². The third-order valence-electron chi connectivity index (χ3n) is 4.22. The van der Waals surface area contributed by atoms with Gasteiger partial charge in [0.15, 0.2) is 11.5 Å². The van der Waals surface area contributed by atoms with E-state index in [9.17, 15) is 4.79 Å². The van der Waals surface area contributed by atoms with Crippen molar-refractivity contribution in [2.45, 2.75) is 26.7 Å². The monoisotopic (exact) mass is 365 g/mol. The lowest BCUT2D eigenvalue weighted by atomic mass is 10.0. The van der Waals surface area contributed by atoms with Crippen molar-refractivity contribution in [1.82, 2.24) is 0 Å². The summed E-state index contributed by atoms with van der Waals surface area (Å²) >= 11 is 0. The number of nitrogens with one attached hydrogen (secondary N) is 1. The molecule has 0 aromatic heterocycles. The fourth-order valence-electron chi connectivity index (χ4n) is 2.80. The van der Waals surface area contributed by atoms with Crippen LogP contribution in [0.5, 0.6) is 11.5 Å². The van der Waals surface area contributed by atoms with Crippen LogP contribution in [0.25, 0.3) is 6.08 Å². The normalized spacial score (nSPS) is 10.6. The average molecular weight is 365 g/mol. The van der Waals surface area contributed by atoms with Crippen molar-refractivity contribution in [3.63, 3.8) is 0 Å². The second kappa shape index (κ2) is 10.2. The number of methoxy groups -OCH3 is 1. The van der Waals surface area contributed by atoms with E-state index in [2.05, 4.69) is 25.7 Å². The molecule has 4 nitrogen and oxygen atoms in total. The number of aryl methyl sites for hydroxylation is 2. The Labute approximate surface area is 161 Å². The first-order valence-corrected chi connectivity index (χ1v) is 9.14. The van der Waals surface area contributed by atoms with E-state index >= 15 is 0 Å². The van der Waals surface area contributed by atoms with Crippen molar-refractivity contribution < 1.29 is 14.3 Å². The highest BCUT2D eigenvalue weighted by Crippen LogP contribution is 2.28. The summed E-state index contributed by atoms with van der Waals surface area (Å²) in [5.41, 5.74) is 4.05. The molecule has 2 aromatic rings. The average Bonchev–Trinajstić information content (AvgIpc) is 2.71. The number of hydrogen-bond donors (Lipinski definition) is 1. The zero-order valence-electron chi connectivity index (χ0n) is 16.2. The van der Waals surface area contributed by atoms with E-state index in [4.69, 9.17) is 9.47 Å². The number of hydrogen-bond acceptors (Lipinski definition) is 3. The Hall–Kier alpha value is -3.01. The Morgan fingerprint density at radius 1 is 1.11 bits per heavy atom. The van der Waals surface area contributed by atoms with Gasteiger partial charge in [0.1, 0.15) is 6.61 Å². The van der Waals surface area contributed by atoms with Crippen LogP contribution >= 0.6 is 0 Å². The van der Waals surface area contributed by atoms with Crippen molar-refractivity contribution in [2.75, 3.05) is 19.0 Å². The highest BCUT2D eigenvalue weighted by Gasteiger charge is 2.09. The zero-order chi connectivity index (χ0) is 19.6. The first-order chi connectivity index (χ1) is 13.1. The van der Waals surface area contributed by atoms with Crippen LogP contribution in [0.4, 0.5) is 5.69 Å². The second-order valence-electron chi connectivity index (χ2n) is 5.99. The van der Waals surface area contributed by atoms with Gasteiger partial charge < -0.3 is 14.8 Å². The molecule has 0 saturated carbocycles. The zero-order valence-corrected chi connectivity index (χ0v) is 16.2. The summed E-state index contributed by atoms with van der Waals surface area (Å²) in [7, 11) is 1.59. The van der Waals surface area contributed by atoms with E-state index in [-0.39, 0.29) is 5.91 Å². The molecule has 0 spiro atoms. The molecule has 27 heavy (non-hydrogen) atoms. The highest BCUT2D eigenvalue weighted by molar-refractivity contribution is 6.02. The molecule has 2 aromatic carbocycles. The quantitative estimate of drug-likeness (QED) is 0.500. The Morgan fingerprint density at radius 3 is 2.41 bits per heavy atom. The lowest BCUT2D eigenvalue weighted by Crippen LogP contribution is -2.11. The summed E-state index contributed by atoms with van der Waals surface area (Å²) in [6, 6.07) is 11.7. The van der Waals surface area contributed by atoms with E-state index in [1.165, 1.54) is 6.08 Å². The Kier molecular flexibility index (Phi) is 7.68. The van der Waals surface area contributed by atoms with Gasteiger partial charge in [-0.3, -0.25) is 4.79 Å². The molecule has 0 unspecified atom stereocenters. The second-order valence-corrected chi connectivity index (χ2v) is 5.99. The van der Waals surface area contributed by atoms with Gasteiger partial charge in [-0.05, 0) is 47.7 Å². The number of para-hydroxylation sites is 1. The fraction of sp³-hybridized carbons (Fsp3) is 0.261. The van der Waals surface area contributed by atoms with Crippen LogP contribution < -0.4 is 14.8 Å². The van der Waals surface area contributed by atoms with Gasteiger partial charge in [0, 0.05) is 11.8 Å². The Bertz CT molecular complexity index is 802. The predicted octanol–water partition coefficient (Wildman–Crippen LogP) is 5.04. The van der Waals surface area contributed by atoms with Crippen LogP contribution in [0.2, 0.25) is 0 Å². The van der Waals surface area contributed by atoms with Gasteiger partial charge in [0.05, 0.1) is 7.11 Å². The van der Waals surface area contributed by atoms with Crippen LogP contribution in [-0.4, -0.2) is 19.6 Å². The summed E-state index contributed by atoms with van der Waals surface area (Å²) in [6.07, 6.45) is 6.71. The van der Waals surface area contributed by atoms with Gasteiger partial charge in [0.25, 0.3) is 0 Å². The van der Waals surface area contributed by atoms with Crippen molar-refractivity contribution in [3.05, 3.63) is 71.8 Å². The SMILES string of the molecule is C=CCOc1ccc(/C=C/C(=O)Nc2c(CC)cccc2CC)cc1OC. The number of benzene rings is 2. The largest absolute Gasteiger partial charge is 0.493 e. The maximum atomic E-state index is 12.4. The molecule has 0 saturated heterocycles. The van der Waals surface area contributed by atoms with E-state index < -0.39 is 0 Å². The van der Waals surface area contributed by atoms with E-state index in [1.54, 1.807) is 19.3 Å². The third-order valence-corrected chi connectivity index (χ3v) is 4.22. The minimum atomic E-state index is -0.156. The molecular formula is C23H27NO3. The maximum absolute atomic E-state index is 12.4. The lowest BCUT2D eigenvalue weighted by Gasteiger charge is -2.13. The third kappa shape index (κ3) is 5.48. The molecule has 1 N–H and O–H groups in total. The summed E-state index contributed by atoms with van der Waals surface area (Å²) < 4.78 is 10.9. The van der Waals surface area contributed by atoms with Gasteiger partial charge in [-0.2, -0.15) is 0 Å². The number of amides is 1. The summed E-state index contributed by atoms with van der Waals surface area (Å²) in [5.74, 6) is 1.10. The minimum Gasteiger partial charge on any atom is -0.493 e. The molecule has 1 amide bonds. The van der Waals surface area contributed by atoms with Crippen LogP contribution in [0.1, 0.15) is 30.5 Å². The molecule has 4 heteroatoms. The summed E-state index contributed by atoms with van der Waals surface area (Å²) in [6.45, 7) is 8.21. The molecular weight excluding hydrogens is 338 g/mol. The highest BCUT2D eigenvalue weighted by atomic mass is 16.5. The van der Waals surface area contributed by atoms with Crippen molar-refractivity contribution >= 4 is 17.7 Å². The lowest BCUT2D eigenvalue weighted by molar-refractivity contribution is -0.111. The molecule has 0 radical (unpaired) electrons. The van der Waals surface area contributed by atoms with Gasteiger partial charge >= 0.3 is 0 Å². The molecule has 0 atom stereocenters. The van der Waals surface area contributed by atoms with Crippen molar-refractivity contribution in [2.24, 2.45) is 0 Å². The van der Waals surface area contributed by atoms with Crippen molar-refractivity contribution in [1.29, 1.82) is 0 Å². The van der Waals surface area contributed by atoms with Crippen molar-refractivity contribution in [3.8, 4) is 11.5 Å². The van der Waals surface area contributed by atoms with Gasteiger partial charge in [-0.25, -0.2) is 0 Å². The smallest absolute Gasteiger partial charge is 0.248 e. The van der Waals surface area contributed by atoms with Crippen LogP contribution in [0.15, 0.2) is 55.1 Å². The summed E-state index contributed by atoms with van der Waals surface area (Å²) in [4.78, 5) is 12.4. The molecule has 0 aliphatic carbocycles. The van der Waals surface area contributed by atoms with Gasteiger partial charge in [-0.1, -0.05) is 50.8 Å². The van der Waals surface area contributed by atoms with Crippen LogP contribution in [0, 0.1) is 0 Å². The minimum absolute atomic E-state index is 0.156. The molecule has 0 aliphatic rings. The fourth-order valence-corrected chi connectivity index (χ4v) is 2.80. The van der Waals surface area contributed by atoms with E-state index in [0.29, 0.717) is 18.1 Å². The Balaban J connectivity index is 2.14. The van der Waals surface area contributed by atoms with Gasteiger partial charge in [0.2, 0.25) is 5.91 Å². The predicted molar refractivity (Wildman–Crippen MR) is 112 cm³/mol. The number of anilines is 1.